The monoisotopic (exact) mass is 332 g/mol. The SMILES string of the molecule is Cl.NC1CCCC2CN(C(=O)c3cccc(F)c3Cl)CC12. The summed E-state index contributed by atoms with van der Waals surface area (Å²) in [6.45, 7) is 1.38. The summed E-state index contributed by atoms with van der Waals surface area (Å²) in [5.74, 6) is 0.122. The predicted molar refractivity (Wildman–Crippen MR) is 83.4 cm³/mol. The average molecular weight is 333 g/mol. The topological polar surface area (TPSA) is 46.3 Å². The number of halogens is 3. The van der Waals surface area contributed by atoms with Crippen molar-refractivity contribution in [2.24, 2.45) is 17.6 Å². The van der Waals surface area contributed by atoms with Crippen LogP contribution in [-0.2, 0) is 0 Å². The zero-order valence-corrected chi connectivity index (χ0v) is 13.2. The molecule has 2 N–H and O–H groups in total. The first-order valence-electron chi connectivity index (χ1n) is 7.07. The van der Waals surface area contributed by atoms with Gasteiger partial charge in [0.15, 0.2) is 0 Å². The van der Waals surface area contributed by atoms with Crippen LogP contribution in [0.3, 0.4) is 0 Å². The van der Waals surface area contributed by atoms with Gasteiger partial charge in [-0.3, -0.25) is 4.79 Å². The molecule has 3 rings (SSSR count). The minimum absolute atomic E-state index is 0. The van der Waals surface area contributed by atoms with Crippen LogP contribution in [0.2, 0.25) is 5.02 Å². The molecule has 1 aromatic carbocycles. The molecular formula is C15H19Cl2FN2O. The van der Waals surface area contributed by atoms with E-state index in [-0.39, 0.29) is 34.9 Å². The quantitative estimate of drug-likeness (QED) is 0.858. The molecule has 1 saturated heterocycles. The minimum Gasteiger partial charge on any atom is -0.338 e. The van der Waals surface area contributed by atoms with E-state index >= 15 is 0 Å². The molecule has 0 bridgehead atoms. The number of hydrogen-bond donors (Lipinski definition) is 1. The van der Waals surface area contributed by atoms with Gasteiger partial charge in [-0.05, 0) is 36.8 Å². The number of fused-ring (bicyclic) bond motifs is 1. The molecular weight excluding hydrogens is 314 g/mol. The Bertz CT molecular complexity index is 540. The summed E-state index contributed by atoms with van der Waals surface area (Å²) in [6.07, 6.45) is 3.29. The van der Waals surface area contributed by atoms with Gasteiger partial charge in [0, 0.05) is 19.1 Å². The van der Waals surface area contributed by atoms with Crippen LogP contribution in [0.15, 0.2) is 18.2 Å². The number of carbonyl (C=O) groups is 1. The second kappa shape index (κ2) is 6.51. The Balaban J connectivity index is 0.00000161. The van der Waals surface area contributed by atoms with Gasteiger partial charge in [-0.2, -0.15) is 0 Å². The highest BCUT2D eigenvalue weighted by Gasteiger charge is 2.40. The lowest BCUT2D eigenvalue weighted by Gasteiger charge is -2.29. The van der Waals surface area contributed by atoms with Crippen LogP contribution < -0.4 is 5.73 Å². The first-order valence-corrected chi connectivity index (χ1v) is 7.44. The second-order valence-corrected chi connectivity index (χ2v) is 6.21. The normalized spacial score (nSPS) is 28.0. The Morgan fingerprint density at radius 3 is 2.81 bits per heavy atom. The number of benzene rings is 1. The smallest absolute Gasteiger partial charge is 0.255 e. The Labute approximate surface area is 135 Å². The molecule has 0 aromatic heterocycles. The van der Waals surface area contributed by atoms with E-state index in [1.807, 2.05) is 0 Å². The molecule has 1 saturated carbocycles. The highest BCUT2D eigenvalue weighted by Crippen LogP contribution is 2.36. The van der Waals surface area contributed by atoms with Crippen molar-refractivity contribution in [3.8, 4) is 0 Å². The van der Waals surface area contributed by atoms with Gasteiger partial charge in [0.1, 0.15) is 5.82 Å². The fourth-order valence-corrected chi connectivity index (χ4v) is 3.73. The maximum Gasteiger partial charge on any atom is 0.255 e. The van der Waals surface area contributed by atoms with Gasteiger partial charge >= 0.3 is 0 Å². The number of likely N-dealkylation sites (tertiary alicyclic amines) is 1. The maximum atomic E-state index is 13.5. The van der Waals surface area contributed by atoms with Crippen LogP contribution in [0.5, 0.6) is 0 Å². The fourth-order valence-electron chi connectivity index (χ4n) is 3.52. The third-order valence-electron chi connectivity index (χ3n) is 4.62. The summed E-state index contributed by atoms with van der Waals surface area (Å²) in [5.41, 5.74) is 6.40. The van der Waals surface area contributed by atoms with Crippen molar-refractivity contribution in [3.63, 3.8) is 0 Å². The molecule has 1 aromatic rings. The summed E-state index contributed by atoms with van der Waals surface area (Å²) < 4.78 is 13.5. The third-order valence-corrected chi connectivity index (χ3v) is 5.01. The van der Waals surface area contributed by atoms with Crippen molar-refractivity contribution in [1.29, 1.82) is 0 Å². The predicted octanol–water partition coefficient (Wildman–Crippen LogP) is 3.10. The summed E-state index contributed by atoms with van der Waals surface area (Å²) in [7, 11) is 0. The molecule has 1 aliphatic heterocycles. The van der Waals surface area contributed by atoms with Gasteiger partial charge < -0.3 is 10.6 Å². The van der Waals surface area contributed by atoms with E-state index in [4.69, 9.17) is 17.3 Å². The van der Waals surface area contributed by atoms with E-state index in [0.29, 0.717) is 24.9 Å². The van der Waals surface area contributed by atoms with Crippen LogP contribution in [0, 0.1) is 17.7 Å². The van der Waals surface area contributed by atoms with E-state index in [1.165, 1.54) is 12.1 Å². The van der Waals surface area contributed by atoms with Crippen LogP contribution in [0.1, 0.15) is 29.6 Å². The summed E-state index contributed by atoms with van der Waals surface area (Å²) in [5, 5.41) is -0.0864. The van der Waals surface area contributed by atoms with Gasteiger partial charge in [-0.1, -0.05) is 24.1 Å². The van der Waals surface area contributed by atoms with Gasteiger partial charge in [-0.25, -0.2) is 4.39 Å². The number of nitrogens with zero attached hydrogens (tertiary/aromatic N) is 1. The summed E-state index contributed by atoms with van der Waals surface area (Å²) in [6, 6.07) is 4.53. The van der Waals surface area contributed by atoms with Crippen molar-refractivity contribution in [2.45, 2.75) is 25.3 Å². The molecule has 1 amide bonds. The Morgan fingerprint density at radius 2 is 2.10 bits per heavy atom. The minimum atomic E-state index is -0.550. The summed E-state index contributed by atoms with van der Waals surface area (Å²) in [4.78, 5) is 14.3. The molecule has 0 radical (unpaired) electrons. The van der Waals surface area contributed by atoms with E-state index in [0.717, 1.165) is 19.3 Å². The molecule has 1 heterocycles. The van der Waals surface area contributed by atoms with E-state index in [2.05, 4.69) is 0 Å². The van der Waals surface area contributed by atoms with Gasteiger partial charge in [0.2, 0.25) is 0 Å². The highest BCUT2D eigenvalue weighted by molar-refractivity contribution is 6.34. The zero-order chi connectivity index (χ0) is 14.3. The van der Waals surface area contributed by atoms with Crippen LogP contribution >= 0.6 is 24.0 Å². The molecule has 3 nitrogen and oxygen atoms in total. The molecule has 21 heavy (non-hydrogen) atoms. The standard InChI is InChI=1S/C15H18ClFN2O.ClH/c16-14-10(4-2-5-12(14)17)15(20)19-7-9-3-1-6-13(18)11(9)8-19;/h2,4-5,9,11,13H,1,3,6-8,18H2;1H. The van der Waals surface area contributed by atoms with E-state index in [1.54, 1.807) is 11.0 Å². The van der Waals surface area contributed by atoms with Crippen LogP contribution in [-0.4, -0.2) is 29.9 Å². The molecule has 2 fully saturated rings. The van der Waals surface area contributed by atoms with Crippen molar-refractivity contribution in [3.05, 3.63) is 34.6 Å². The van der Waals surface area contributed by atoms with Crippen LogP contribution in [0.4, 0.5) is 4.39 Å². The number of hydrogen-bond acceptors (Lipinski definition) is 2. The number of rotatable bonds is 1. The molecule has 1 aliphatic carbocycles. The average Bonchev–Trinajstić information content (AvgIpc) is 2.87. The number of carbonyl (C=O) groups excluding carboxylic acids is 1. The van der Waals surface area contributed by atoms with Crippen molar-refractivity contribution >= 4 is 29.9 Å². The third kappa shape index (κ3) is 3.03. The molecule has 6 heteroatoms. The highest BCUT2D eigenvalue weighted by atomic mass is 35.5. The maximum absolute atomic E-state index is 13.5. The zero-order valence-electron chi connectivity index (χ0n) is 11.6. The van der Waals surface area contributed by atoms with Crippen molar-refractivity contribution in [1.82, 2.24) is 4.90 Å². The molecule has 3 atom stereocenters. The van der Waals surface area contributed by atoms with E-state index in [9.17, 15) is 9.18 Å². The Hall–Kier alpha value is -0.840. The number of amides is 1. The molecule has 3 unspecified atom stereocenters. The number of nitrogens with two attached hydrogens (primary N) is 1. The Morgan fingerprint density at radius 1 is 1.33 bits per heavy atom. The molecule has 0 spiro atoms. The molecule has 116 valence electrons. The van der Waals surface area contributed by atoms with Gasteiger partial charge in [0.05, 0.1) is 10.6 Å². The van der Waals surface area contributed by atoms with Crippen molar-refractivity contribution in [2.75, 3.05) is 13.1 Å². The second-order valence-electron chi connectivity index (χ2n) is 5.83. The Kier molecular flexibility index (Phi) is 5.12. The first kappa shape index (κ1) is 16.5. The molecule has 2 aliphatic rings. The van der Waals surface area contributed by atoms with E-state index < -0.39 is 5.82 Å². The fraction of sp³-hybridized carbons (Fsp3) is 0.533. The summed E-state index contributed by atoms with van der Waals surface area (Å²) >= 11 is 5.90. The largest absolute Gasteiger partial charge is 0.338 e. The lowest BCUT2D eigenvalue weighted by molar-refractivity contribution is 0.0783. The lowest BCUT2D eigenvalue weighted by atomic mass is 9.78. The van der Waals surface area contributed by atoms with Gasteiger partial charge in [-0.15, -0.1) is 12.4 Å². The van der Waals surface area contributed by atoms with Crippen molar-refractivity contribution < 1.29 is 9.18 Å². The lowest BCUT2D eigenvalue weighted by Crippen LogP contribution is -2.38. The van der Waals surface area contributed by atoms with Gasteiger partial charge in [0.25, 0.3) is 5.91 Å². The first-order chi connectivity index (χ1) is 9.58. The van der Waals surface area contributed by atoms with Crippen LogP contribution in [0.25, 0.3) is 0 Å².